The molecule has 0 amide bonds. The lowest BCUT2D eigenvalue weighted by atomic mass is 10.8. The van der Waals surface area contributed by atoms with Crippen LogP contribution in [0.5, 0.6) is 0 Å². The molecule has 0 rings (SSSR count). The number of carbonyl (C=O) groups excluding carboxylic acids is 3. The van der Waals surface area contributed by atoms with Crippen molar-refractivity contribution in [3.8, 4) is 0 Å². The van der Waals surface area contributed by atoms with E-state index in [1.807, 2.05) is 0 Å². The van der Waals surface area contributed by atoms with Gasteiger partial charge < -0.3 is 17.5 Å². The Kier molecular flexibility index (Phi) is 38.3. The van der Waals surface area contributed by atoms with Crippen LogP contribution in [-0.2, 0) is 14.0 Å². The van der Waals surface area contributed by atoms with Crippen molar-refractivity contribution in [2.75, 3.05) is 6.61 Å². The van der Waals surface area contributed by atoms with Crippen molar-refractivity contribution >= 4 is 17.5 Å². The van der Waals surface area contributed by atoms with Crippen LogP contribution in [0.3, 0.4) is 0 Å². The molecule has 6 heteroatoms. The van der Waals surface area contributed by atoms with Crippen LogP contribution in [-0.4, -0.2) is 24.1 Å². The minimum Gasteiger partial charge on any atom is -1.00 e. The van der Waals surface area contributed by atoms with Crippen LogP contribution in [0.4, 0.5) is 0 Å². The van der Waals surface area contributed by atoms with E-state index >= 15 is 0 Å². The van der Waals surface area contributed by atoms with Gasteiger partial charge in [0.15, 0.2) is 17.9 Å². The molecule has 0 aliphatic carbocycles. The Bertz CT molecular complexity index is 153. The van der Waals surface area contributed by atoms with E-state index in [4.69, 9.17) is 5.11 Å². The van der Waals surface area contributed by atoms with Gasteiger partial charge in [-0.2, -0.15) is 0 Å². The maximum absolute atomic E-state index is 9.79. The number of aldehydes is 1. The van der Waals surface area contributed by atoms with Crippen molar-refractivity contribution in [2.45, 2.75) is 27.7 Å². The molecule has 0 saturated heterocycles. The van der Waals surface area contributed by atoms with Crippen molar-refractivity contribution in [3.63, 3.8) is 0 Å². The Hall–Kier alpha value is -0.450. The van der Waals surface area contributed by atoms with Crippen LogP contribution < -0.4 is 17.5 Å². The first kappa shape index (κ1) is 23.4. The number of carbonyl (C=O) groups is 2. The Balaban J connectivity index is -0.0000000553. The molecule has 4 nitrogen and oxygen atoms in total. The van der Waals surface area contributed by atoms with E-state index in [2.05, 4.69) is 16.0 Å². The number of halogens is 2. The summed E-state index contributed by atoms with van der Waals surface area (Å²) < 4.78 is 4.28. The largest absolute Gasteiger partial charge is 1.00 e. The molecule has 0 atom stereocenters. The van der Waals surface area contributed by atoms with Crippen LogP contribution in [0.25, 0.3) is 0 Å². The maximum Gasteiger partial charge on any atom is 0.576 e. The highest BCUT2D eigenvalue weighted by atomic mass is 35.5. The lowest BCUT2D eigenvalue weighted by Gasteiger charge is -1.79. The van der Waals surface area contributed by atoms with Crippen molar-refractivity contribution < 1.29 is 43.1 Å². The first-order chi connectivity index (χ1) is 5.92. The van der Waals surface area contributed by atoms with E-state index in [0.717, 1.165) is 0 Å². The second kappa shape index (κ2) is 22.9. The molecule has 86 valence electrons. The van der Waals surface area contributed by atoms with E-state index in [1.54, 1.807) is 13.8 Å². The summed E-state index contributed by atoms with van der Waals surface area (Å²) in [7, 11) is 0. The lowest BCUT2D eigenvalue weighted by Crippen LogP contribution is -3.00. The predicted octanol–water partition coefficient (Wildman–Crippen LogP) is -3.53. The summed E-state index contributed by atoms with van der Waals surface area (Å²) in [4.78, 5) is 19.0. The fourth-order valence-corrected chi connectivity index (χ4v) is 0.166. The Morgan fingerprint density at radius 3 is 1.64 bits per heavy atom. The summed E-state index contributed by atoms with van der Waals surface area (Å²) in [6.45, 7) is 5.93. The molecular weight excluding hydrogens is 231 g/mol. The van der Waals surface area contributed by atoms with Gasteiger partial charge in [-0.15, -0.1) is 6.61 Å². The first-order valence-corrected chi connectivity index (χ1v) is 4.03. The molecule has 0 heterocycles. The van der Waals surface area contributed by atoms with Gasteiger partial charge in [0.25, 0.3) is 0 Å². The van der Waals surface area contributed by atoms with Crippen molar-refractivity contribution in [2.24, 2.45) is 0 Å². The van der Waals surface area contributed by atoms with Gasteiger partial charge in [0, 0.05) is 11.7 Å². The third kappa shape index (κ3) is 198. The fraction of sp³-hybridized carbons (Fsp3) is 0.625. The number of hydrogen-bond donors (Lipinski definition) is 0. The number of rotatable bonds is 0. The monoisotopic (exact) mass is 246 g/mol. The van der Waals surface area contributed by atoms with Crippen LogP contribution >= 0.6 is 0 Å². The third-order valence-electron chi connectivity index (χ3n) is 0.284. The standard InChI is InChI=1S/C4H7O2.C2H4ClO.C2H5O.ClH/c1-3-6-4(2)5;1-2(3)4;1-2-3;/h3H,1-2H3;3H,1H3;2H2,1H3;1H/q2*+1;-1;/p-1. The summed E-state index contributed by atoms with van der Waals surface area (Å²) in [5, 5.41) is 8.68. The summed E-state index contributed by atoms with van der Waals surface area (Å²) in [6, 6.07) is 0. The minimum atomic E-state index is -0.266. The summed E-state index contributed by atoms with van der Waals surface area (Å²) >= 11 is 3.98. The Morgan fingerprint density at radius 2 is 1.64 bits per heavy atom. The zero-order valence-corrected chi connectivity index (χ0v) is 10.3. The first-order valence-electron chi connectivity index (χ1n) is 3.63. The molecule has 0 bridgehead atoms. The van der Waals surface area contributed by atoms with E-state index in [-0.39, 0.29) is 30.2 Å². The highest BCUT2D eigenvalue weighted by Crippen LogP contribution is 1.54. The van der Waals surface area contributed by atoms with Crippen molar-refractivity contribution in [3.05, 3.63) is 0 Å². The normalized spacial score (nSPS) is 7.29. The second-order valence-electron chi connectivity index (χ2n) is 1.63. The maximum atomic E-state index is 9.79. The van der Waals surface area contributed by atoms with Crippen LogP contribution in [0.2, 0.25) is 0 Å². The number of hydrogen-bond acceptors (Lipinski definition) is 3. The van der Waals surface area contributed by atoms with E-state index in [9.17, 15) is 9.59 Å². The third-order valence-corrected chi connectivity index (χ3v) is 0.284. The predicted molar refractivity (Wildman–Crippen MR) is 45.0 cm³/mol. The molecule has 0 fully saturated rings. The van der Waals surface area contributed by atoms with Gasteiger partial charge in [0.2, 0.25) is 0 Å². The average Bonchev–Trinajstić information content (AvgIpc) is 1.86. The SMILES string of the molecule is CC(=O)[ClH+].CC=[O+]C(C)=O.CC[O-].[Cl-]. The molecule has 0 unspecified atom stereocenters. The highest BCUT2D eigenvalue weighted by Gasteiger charge is 1.94. The van der Waals surface area contributed by atoms with E-state index in [0.29, 0.717) is 0 Å². The summed E-state index contributed by atoms with van der Waals surface area (Å²) in [6.07, 6.45) is 1.35. The quantitative estimate of drug-likeness (QED) is 0.253. The second-order valence-corrected chi connectivity index (χ2v) is 2.20. The van der Waals surface area contributed by atoms with E-state index < -0.39 is 0 Å². The zero-order chi connectivity index (χ0) is 11.3. The Labute approximate surface area is 95.4 Å². The minimum absolute atomic E-state index is 0. The molecule has 0 spiro atoms. The summed E-state index contributed by atoms with van der Waals surface area (Å²) in [5.74, 6) is -0.266. The molecule has 0 aliphatic rings. The molecule has 0 aliphatic heterocycles. The lowest BCUT2D eigenvalue weighted by molar-refractivity contribution is -0.370. The van der Waals surface area contributed by atoms with Crippen LogP contribution in [0, 0.1) is 11.6 Å². The smallest absolute Gasteiger partial charge is 0.576 e. The highest BCUT2D eigenvalue weighted by molar-refractivity contribution is 5.66. The zero-order valence-electron chi connectivity index (χ0n) is 8.70. The van der Waals surface area contributed by atoms with E-state index in [1.165, 1.54) is 20.1 Å². The average molecular weight is 247 g/mol. The molecule has 0 saturated carbocycles. The van der Waals surface area contributed by atoms with Crippen molar-refractivity contribution in [1.29, 1.82) is 0 Å². The van der Waals surface area contributed by atoms with Gasteiger partial charge >= 0.3 is 11.2 Å². The van der Waals surface area contributed by atoms with Gasteiger partial charge in [-0.1, -0.05) is 6.92 Å². The van der Waals surface area contributed by atoms with Gasteiger partial charge in [-0.3, -0.25) is 4.42 Å². The van der Waals surface area contributed by atoms with Crippen LogP contribution in [0.15, 0.2) is 0 Å². The van der Waals surface area contributed by atoms with Crippen LogP contribution in [0.1, 0.15) is 27.7 Å². The van der Waals surface area contributed by atoms with Gasteiger partial charge in [0.1, 0.15) is 0 Å². The van der Waals surface area contributed by atoms with Gasteiger partial charge in [0.05, 0.1) is 13.8 Å². The molecule has 0 aromatic carbocycles. The molecule has 14 heavy (non-hydrogen) atoms. The molecule has 0 radical (unpaired) electrons. The van der Waals surface area contributed by atoms with Crippen molar-refractivity contribution in [1.82, 2.24) is 0 Å². The van der Waals surface area contributed by atoms with Gasteiger partial charge in [-0.05, 0) is 0 Å². The topological polar surface area (TPSA) is 68.5 Å². The summed E-state index contributed by atoms with van der Waals surface area (Å²) in [5.41, 5.74) is 0. The fourth-order valence-electron chi connectivity index (χ4n) is 0.166. The molecular formula is C8H16Cl2O4. The molecule has 0 aromatic heterocycles. The molecule has 0 aromatic rings. The van der Waals surface area contributed by atoms with Gasteiger partial charge in [-0.25, -0.2) is 4.79 Å². The molecule has 0 N–H and O–H groups in total. The Morgan fingerprint density at radius 1 is 1.43 bits per heavy atom.